The second kappa shape index (κ2) is 14.7. The van der Waals surface area contributed by atoms with Gasteiger partial charge >= 0.3 is 0 Å². The van der Waals surface area contributed by atoms with Gasteiger partial charge in [-0.1, -0.05) is 25.5 Å². The van der Waals surface area contributed by atoms with Gasteiger partial charge < -0.3 is 24.6 Å². The molecule has 1 unspecified atom stereocenters. The summed E-state index contributed by atoms with van der Waals surface area (Å²) in [6.07, 6.45) is 6.14. The number of hydrogen-bond donors (Lipinski definition) is 2. The number of aliphatic hydroxyl groups is 1. The second-order valence-electron chi connectivity index (χ2n) is 7.19. The first-order valence-corrected chi connectivity index (χ1v) is 10.9. The highest BCUT2D eigenvalue weighted by atomic mass is 16.5. The molecule has 0 aliphatic heterocycles. The molecular weight excluding hydrogens is 398 g/mol. The summed E-state index contributed by atoms with van der Waals surface area (Å²) in [4.78, 5) is 12.3. The van der Waals surface area contributed by atoms with Crippen molar-refractivity contribution in [3.8, 4) is 0 Å². The van der Waals surface area contributed by atoms with Crippen LogP contribution < -0.4 is 5.32 Å². The SMILES string of the molecule is CCCc1cnn(C(C)c2ccc(C(=O)NCCOCCOCCOCCO)cc2)c1. The van der Waals surface area contributed by atoms with E-state index in [0.717, 1.165) is 18.4 Å². The van der Waals surface area contributed by atoms with E-state index >= 15 is 0 Å². The van der Waals surface area contributed by atoms with Crippen LogP contribution in [0.3, 0.4) is 0 Å². The van der Waals surface area contributed by atoms with Crippen LogP contribution in [0, 0.1) is 0 Å². The molecule has 0 bridgehead atoms. The third kappa shape index (κ3) is 9.18. The quantitative estimate of drug-likeness (QED) is 0.394. The molecule has 0 aliphatic rings. The Kier molecular flexibility index (Phi) is 11.9. The average molecular weight is 434 g/mol. The molecule has 1 aromatic carbocycles. The van der Waals surface area contributed by atoms with E-state index < -0.39 is 0 Å². The third-order valence-electron chi connectivity index (χ3n) is 4.76. The molecule has 2 aromatic rings. The minimum absolute atomic E-state index is 0.0171. The van der Waals surface area contributed by atoms with E-state index in [1.165, 1.54) is 5.56 Å². The highest BCUT2D eigenvalue weighted by Crippen LogP contribution is 2.18. The van der Waals surface area contributed by atoms with Crippen LogP contribution in [0.2, 0.25) is 0 Å². The van der Waals surface area contributed by atoms with Gasteiger partial charge in [0.2, 0.25) is 0 Å². The minimum Gasteiger partial charge on any atom is -0.394 e. The van der Waals surface area contributed by atoms with Gasteiger partial charge in [-0.15, -0.1) is 0 Å². The molecule has 8 nitrogen and oxygen atoms in total. The minimum atomic E-state index is -0.121. The van der Waals surface area contributed by atoms with Crippen molar-refractivity contribution in [1.82, 2.24) is 15.1 Å². The Balaban J connectivity index is 1.63. The summed E-state index contributed by atoms with van der Waals surface area (Å²) in [5.74, 6) is -0.121. The Hall–Kier alpha value is -2.26. The van der Waals surface area contributed by atoms with Crippen LogP contribution in [0.15, 0.2) is 36.7 Å². The molecule has 1 heterocycles. The highest BCUT2D eigenvalue weighted by molar-refractivity contribution is 5.94. The predicted octanol–water partition coefficient (Wildman–Crippen LogP) is 2.22. The number of nitrogens with zero attached hydrogens (tertiary/aromatic N) is 2. The number of carbonyl (C=O) groups is 1. The molecule has 1 aromatic heterocycles. The smallest absolute Gasteiger partial charge is 0.251 e. The summed E-state index contributed by atoms with van der Waals surface area (Å²) in [6.45, 7) is 7.29. The Labute approximate surface area is 184 Å². The Morgan fingerprint density at radius 2 is 1.71 bits per heavy atom. The Bertz CT molecular complexity index is 748. The molecule has 172 valence electrons. The molecule has 2 N–H and O–H groups in total. The van der Waals surface area contributed by atoms with Crippen molar-refractivity contribution < 1.29 is 24.1 Å². The molecule has 0 radical (unpaired) electrons. The van der Waals surface area contributed by atoms with Crippen molar-refractivity contribution in [1.29, 1.82) is 0 Å². The number of aliphatic hydroxyl groups excluding tert-OH is 1. The van der Waals surface area contributed by atoms with Gasteiger partial charge in [0.15, 0.2) is 0 Å². The number of aromatic nitrogens is 2. The van der Waals surface area contributed by atoms with Gasteiger partial charge in [-0.3, -0.25) is 9.48 Å². The number of nitrogens with one attached hydrogen (secondary N) is 1. The monoisotopic (exact) mass is 433 g/mol. The third-order valence-corrected chi connectivity index (χ3v) is 4.76. The Morgan fingerprint density at radius 1 is 1.06 bits per heavy atom. The van der Waals surface area contributed by atoms with Crippen LogP contribution in [0.4, 0.5) is 0 Å². The maximum Gasteiger partial charge on any atom is 0.251 e. The van der Waals surface area contributed by atoms with Crippen molar-refractivity contribution in [2.24, 2.45) is 0 Å². The lowest BCUT2D eigenvalue weighted by atomic mass is 10.1. The summed E-state index contributed by atoms with van der Waals surface area (Å²) >= 11 is 0. The summed E-state index contributed by atoms with van der Waals surface area (Å²) < 4.78 is 17.8. The normalized spacial score (nSPS) is 12.1. The molecule has 0 fully saturated rings. The Morgan fingerprint density at radius 3 is 2.35 bits per heavy atom. The summed E-state index contributed by atoms with van der Waals surface area (Å²) in [6, 6.07) is 7.73. The molecule has 0 saturated heterocycles. The van der Waals surface area contributed by atoms with Gasteiger partial charge in [-0.2, -0.15) is 5.10 Å². The maximum absolute atomic E-state index is 12.3. The molecule has 31 heavy (non-hydrogen) atoms. The fraction of sp³-hybridized carbons (Fsp3) is 0.565. The molecule has 0 spiro atoms. The fourth-order valence-corrected chi connectivity index (χ4v) is 3.02. The number of carbonyl (C=O) groups excluding carboxylic acids is 1. The van der Waals surface area contributed by atoms with Crippen molar-refractivity contribution in [2.75, 3.05) is 52.8 Å². The predicted molar refractivity (Wildman–Crippen MR) is 118 cm³/mol. The van der Waals surface area contributed by atoms with Crippen LogP contribution in [0.25, 0.3) is 0 Å². The molecule has 8 heteroatoms. The standard InChI is InChI=1S/C23H35N3O5/c1-3-4-20-17-25-26(18-20)19(2)21-5-7-22(8-6-21)23(28)24-9-11-29-13-15-31-16-14-30-12-10-27/h5-8,17-19,27H,3-4,9-16H2,1-2H3,(H,24,28). The van der Waals surface area contributed by atoms with Crippen LogP contribution in [-0.2, 0) is 20.6 Å². The highest BCUT2D eigenvalue weighted by Gasteiger charge is 2.11. The van der Waals surface area contributed by atoms with E-state index in [4.69, 9.17) is 19.3 Å². The van der Waals surface area contributed by atoms with Gasteiger partial charge in [0.1, 0.15) is 0 Å². The lowest BCUT2D eigenvalue weighted by Gasteiger charge is -2.13. The lowest BCUT2D eigenvalue weighted by Crippen LogP contribution is -2.27. The molecule has 1 amide bonds. The maximum atomic E-state index is 12.3. The largest absolute Gasteiger partial charge is 0.394 e. The van der Waals surface area contributed by atoms with E-state index in [2.05, 4.69) is 30.5 Å². The van der Waals surface area contributed by atoms with Gasteiger partial charge in [0.25, 0.3) is 5.91 Å². The zero-order chi connectivity index (χ0) is 22.3. The zero-order valence-electron chi connectivity index (χ0n) is 18.6. The van der Waals surface area contributed by atoms with Crippen LogP contribution in [0.1, 0.15) is 47.8 Å². The number of benzene rings is 1. The summed E-state index contributed by atoms with van der Waals surface area (Å²) in [5.41, 5.74) is 2.97. The summed E-state index contributed by atoms with van der Waals surface area (Å²) in [5, 5.41) is 15.9. The van der Waals surface area contributed by atoms with Crippen molar-refractivity contribution in [2.45, 2.75) is 32.7 Å². The average Bonchev–Trinajstić information content (AvgIpc) is 3.26. The van der Waals surface area contributed by atoms with E-state index in [0.29, 0.717) is 51.7 Å². The number of aryl methyl sites for hydroxylation is 1. The van der Waals surface area contributed by atoms with Crippen molar-refractivity contribution in [3.63, 3.8) is 0 Å². The van der Waals surface area contributed by atoms with E-state index in [-0.39, 0.29) is 18.6 Å². The van der Waals surface area contributed by atoms with Crippen molar-refractivity contribution >= 4 is 5.91 Å². The number of hydrogen-bond acceptors (Lipinski definition) is 6. The van der Waals surface area contributed by atoms with E-state index in [1.807, 2.05) is 35.1 Å². The molecule has 1 atom stereocenters. The van der Waals surface area contributed by atoms with Crippen molar-refractivity contribution in [3.05, 3.63) is 53.3 Å². The lowest BCUT2D eigenvalue weighted by molar-refractivity contribution is 0.00825. The van der Waals surface area contributed by atoms with Gasteiger partial charge in [-0.25, -0.2) is 0 Å². The first-order chi connectivity index (χ1) is 15.2. The van der Waals surface area contributed by atoms with Gasteiger partial charge in [0, 0.05) is 18.3 Å². The number of ether oxygens (including phenoxy) is 3. The van der Waals surface area contributed by atoms with E-state index in [1.54, 1.807) is 0 Å². The van der Waals surface area contributed by atoms with Gasteiger partial charge in [0.05, 0.1) is 58.5 Å². The number of amides is 1. The molecule has 0 aliphatic carbocycles. The van der Waals surface area contributed by atoms with Crippen LogP contribution in [0.5, 0.6) is 0 Å². The number of rotatable bonds is 16. The first kappa shape index (κ1) is 25.0. The molecular formula is C23H35N3O5. The molecule has 0 saturated carbocycles. The fourth-order valence-electron chi connectivity index (χ4n) is 3.02. The first-order valence-electron chi connectivity index (χ1n) is 10.9. The second-order valence-corrected chi connectivity index (χ2v) is 7.19. The van der Waals surface area contributed by atoms with Crippen LogP contribution >= 0.6 is 0 Å². The van der Waals surface area contributed by atoms with Crippen LogP contribution in [-0.4, -0.2) is 73.6 Å². The summed E-state index contributed by atoms with van der Waals surface area (Å²) in [7, 11) is 0. The van der Waals surface area contributed by atoms with Gasteiger partial charge in [-0.05, 0) is 36.6 Å². The topological polar surface area (TPSA) is 94.8 Å². The zero-order valence-corrected chi connectivity index (χ0v) is 18.6. The van der Waals surface area contributed by atoms with E-state index in [9.17, 15) is 4.79 Å². The molecule has 2 rings (SSSR count).